The molecule has 1 fully saturated rings. The summed E-state index contributed by atoms with van der Waals surface area (Å²) >= 11 is 0. The quantitative estimate of drug-likeness (QED) is 0.823. The smallest absolute Gasteiger partial charge is 0.0348 e. The standard InChI is InChI=1S/C16H25N/c1-4-17-16(15-10-7-13(3)11-15)14-8-5-12(2)6-9-14/h5-6,8-9,13,15-17H,4,7,10-11H2,1-3H3. The molecule has 0 radical (unpaired) electrons. The van der Waals surface area contributed by atoms with Crippen LogP contribution in [0.2, 0.25) is 0 Å². The monoisotopic (exact) mass is 231 g/mol. The van der Waals surface area contributed by atoms with Crippen molar-refractivity contribution in [3.05, 3.63) is 35.4 Å². The van der Waals surface area contributed by atoms with Crippen LogP contribution >= 0.6 is 0 Å². The van der Waals surface area contributed by atoms with Crippen molar-refractivity contribution in [2.45, 2.75) is 46.1 Å². The molecule has 0 amide bonds. The van der Waals surface area contributed by atoms with Gasteiger partial charge in [0.15, 0.2) is 0 Å². The van der Waals surface area contributed by atoms with E-state index >= 15 is 0 Å². The van der Waals surface area contributed by atoms with Gasteiger partial charge in [0.2, 0.25) is 0 Å². The minimum Gasteiger partial charge on any atom is -0.310 e. The lowest BCUT2D eigenvalue weighted by Gasteiger charge is -2.25. The highest BCUT2D eigenvalue weighted by molar-refractivity contribution is 5.25. The van der Waals surface area contributed by atoms with Crippen LogP contribution in [0.15, 0.2) is 24.3 Å². The Morgan fingerprint density at radius 2 is 1.94 bits per heavy atom. The lowest BCUT2D eigenvalue weighted by Crippen LogP contribution is -2.27. The molecule has 1 aromatic rings. The summed E-state index contributed by atoms with van der Waals surface area (Å²) in [4.78, 5) is 0. The van der Waals surface area contributed by atoms with Crippen molar-refractivity contribution >= 4 is 0 Å². The zero-order valence-electron chi connectivity index (χ0n) is 11.4. The van der Waals surface area contributed by atoms with Crippen LogP contribution in [0.5, 0.6) is 0 Å². The van der Waals surface area contributed by atoms with E-state index in [4.69, 9.17) is 0 Å². The molecule has 2 rings (SSSR count). The van der Waals surface area contributed by atoms with Crippen molar-refractivity contribution in [3.8, 4) is 0 Å². The number of aryl methyl sites for hydroxylation is 1. The zero-order valence-corrected chi connectivity index (χ0v) is 11.4. The Bertz CT molecular complexity index is 341. The highest BCUT2D eigenvalue weighted by Crippen LogP contribution is 2.38. The Balaban J connectivity index is 2.13. The summed E-state index contributed by atoms with van der Waals surface area (Å²) in [7, 11) is 0. The van der Waals surface area contributed by atoms with E-state index in [9.17, 15) is 0 Å². The van der Waals surface area contributed by atoms with Gasteiger partial charge in [-0.25, -0.2) is 0 Å². The van der Waals surface area contributed by atoms with Gasteiger partial charge >= 0.3 is 0 Å². The summed E-state index contributed by atoms with van der Waals surface area (Å²) in [5, 5.41) is 3.68. The molecule has 0 aliphatic heterocycles. The highest BCUT2D eigenvalue weighted by atomic mass is 14.9. The minimum atomic E-state index is 0.561. The first-order chi connectivity index (χ1) is 8.20. The molecule has 1 aliphatic carbocycles. The first-order valence-corrected chi connectivity index (χ1v) is 7.00. The zero-order chi connectivity index (χ0) is 12.3. The third-order valence-corrected chi connectivity index (χ3v) is 4.07. The van der Waals surface area contributed by atoms with Crippen LogP contribution < -0.4 is 5.32 Å². The van der Waals surface area contributed by atoms with E-state index in [1.807, 2.05) is 0 Å². The van der Waals surface area contributed by atoms with E-state index < -0.39 is 0 Å². The van der Waals surface area contributed by atoms with Crippen LogP contribution in [0.1, 0.15) is 50.3 Å². The largest absolute Gasteiger partial charge is 0.310 e. The maximum atomic E-state index is 3.68. The van der Waals surface area contributed by atoms with Gasteiger partial charge in [-0.05, 0) is 43.7 Å². The van der Waals surface area contributed by atoms with Gasteiger partial charge in [-0.15, -0.1) is 0 Å². The summed E-state index contributed by atoms with van der Waals surface area (Å²) in [6, 6.07) is 9.62. The highest BCUT2D eigenvalue weighted by Gasteiger charge is 2.29. The predicted octanol–water partition coefficient (Wildman–Crippen LogP) is 4.08. The van der Waals surface area contributed by atoms with Crippen LogP contribution in [0.25, 0.3) is 0 Å². The summed E-state index contributed by atoms with van der Waals surface area (Å²) < 4.78 is 0. The first-order valence-electron chi connectivity index (χ1n) is 7.00. The van der Waals surface area contributed by atoms with Crippen LogP contribution in [0.3, 0.4) is 0 Å². The normalized spacial score (nSPS) is 26.1. The number of nitrogens with one attached hydrogen (secondary N) is 1. The second-order valence-corrected chi connectivity index (χ2v) is 5.62. The van der Waals surface area contributed by atoms with Crippen LogP contribution in [0, 0.1) is 18.8 Å². The lowest BCUT2D eigenvalue weighted by molar-refractivity contribution is 0.365. The molecule has 0 aromatic heterocycles. The van der Waals surface area contributed by atoms with Crippen molar-refractivity contribution in [1.82, 2.24) is 5.32 Å². The molecule has 0 heterocycles. The van der Waals surface area contributed by atoms with E-state index in [0.29, 0.717) is 6.04 Å². The third-order valence-electron chi connectivity index (χ3n) is 4.07. The Morgan fingerprint density at radius 3 is 2.47 bits per heavy atom. The van der Waals surface area contributed by atoms with Crippen molar-refractivity contribution in [2.24, 2.45) is 11.8 Å². The molecule has 1 saturated carbocycles. The van der Waals surface area contributed by atoms with E-state index in [2.05, 4.69) is 50.4 Å². The van der Waals surface area contributed by atoms with Crippen LogP contribution in [0.4, 0.5) is 0 Å². The van der Waals surface area contributed by atoms with E-state index in [-0.39, 0.29) is 0 Å². The number of benzene rings is 1. The molecule has 1 heteroatoms. The predicted molar refractivity (Wildman–Crippen MR) is 74.1 cm³/mol. The van der Waals surface area contributed by atoms with Gasteiger partial charge in [-0.2, -0.15) is 0 Å². The molecule has 1 nitrogen and oxygen atoms in total. The van der Waals surface area contributed by atoms with Gasteiger partial charge in [0.1, 0.15) is 0 Å². The number of rotatable bonds is 4. The maximum Gasteiger partial charge on any atom is 0.0348 e. The van der Waals surface area contributed by atoms with Gasteiger partial charge in [0, 0.05) is 6.04 Å². The van der Waals surface area contributed by atoms with Gasteiger partial charge in [-0.3, -0.25) is 0 Å². The fraction of sp³-hybridized carbons (Fsp3) is 0.625. The summed E-state index contributed by atoms with van der Waals surface area (Å²) in [6.07, 6.45) is 4.16. The van der Waals surface area contributed by atoms with Gasteiger partial charge in [0.25, 0.3) is 0 Å². The Hall–Kier alpha value is -0.820. The molecule has 0 spiro atoms. The van der Waals surface area contributed by atoms with Gasteiger partial charge < -0.3 is 5.32 Å². The Kier molecular flexibility index (Phi) is 4.22. The van der Waals surface area contributed by atoms with Crippen LogP contribution in [-0.4, -0.2) is 6.54 Å². The maximum absolute atomic E-state index is 3.68. The summed E-state index contributed by atoms with van der Waals surface area (Å²) in [5.41, 5.74) is 2.82. The van der Waals surface area contributed by atoms with Crippen LogP contribution in [-0.2, 0) is 0 Å². The van der Waals surface area contributed by atoms with E-state index in [1.165, 1.54) is 30.4 Å². The fourth-order valence-corrected chi connectivity index (χ4v) is 3.10. The van der Waals surface area contributed by atoms with Crippen molar-refractivity contribution in [2.75, 3.05) is 6.54 Å². The number of hydrogen-bond donors (Lipinski definition) is 1. The molecule has 1 N–H and O–H groups in total. The second kappa shape index (κ2) is 5.68. The van der Waals surface area contributed by atoms with Crippen molar-refractivity contribution in [1.29, 1.82) is 0 Å². The lowest BCUT2D eigenvalue weighted by atomic mass is 9.90. The first kappa shape index (κ1) is 12.6. The molecule has 3 atom stereocenters. The Morgan fingerprint density at radius 1 is 1.24 bits per heavy atom. The summed E-state index contributed by atoms with van der Waals surface area (Å²) in [5.74, 6) is 1.74. The van der Waals surface area contributed by atoms with Crippen molar-refractivity contribution < 1.29 is 0 Å². The Labute approximate surface area is 106 Å². The molecule has 3 unspecified atom stereocenters. The topological polar surface area (TPSA) is 12.0 Å². The molecule has 1 aromatic carbocycles. The fourth-order valence-electron chi connectivity index (χ4n) is 3.10. The second-order valence-electron chi connectivity index (χ2n) is 5.62. The minimum absolute atomic E-state index is 0.561. The molecule has 94 valence electrons. The average Bonchev–Trinajstić information content (AvgIpc) is 2.74. The van der Waals surface area contributed by atoms with E-state index in [1.54, 1.807) is 0 Å². The van der Waals surface area contributed by atoms with E-state index in [0.717, 1.165) is 18.4 Å². The molecular weight excluding hydrogens is 206 g/mol. The molecule has 17 heavy (non-hydrogen) atoms. The van der Waals surface area contributed by atoms with Gasteiger partial charge in [0.05, 0.1) is 0 Å². The molecule has 0 bridgehead atoms. The molecule has 0 saturated heterocycles. The molecular formula is C16H25N. The molecule has 1 aliphatic rings. The average molecular weight is 231 g/mol. The van der Waals surface area contributed by atoms with Gasteiger partial charge in [-0.1, -0.05) is 50.1 Å². The van der Waals surface area contributed by atoms with Crippen molar-refractivity contribution in [3.63, 3.8) is 0 Å². The summed E-state index contributed by atoms with van der Waals surface area (Å²) in [6.45, 7) is 7.81. The number of hydrogen-bond acceptors (Lipinski definition) is 1. The SMILES string of the molecule is CCNC(c1ccc(C)cc1)C1CCC(C)C1. The third kappa shape index (κ3) is 3.10.